The van der Waals surface area contributed by atoms with E-state index in [2.05, 4.69) is 105 Å². The van der Waals surface area contributed by atoms with Crippen molar-refractivity contribution in [2.45, 2.75) is 69.2 Å². The highest BCUT2D eigenvalue weighted by Gasteiger charge is 2.32. The molecule has 0 amide bonds. The molecule has 0 radical (unpaired) electrons. The van der Waals surface area contributed by atoms with E-state index < -0.39 is 0 Å². The predicted octanol–water partition coefficient (Wildman–Crippen LogP) is 6.35. The molecule has 0 aliphatic heterocycles. The van der Waals surface area contributed by atoms with E-state index in [-0.39, 0.29) is 6.71 Å². The highest BCUT2D eigenvalue weighted by molar-refractivity contribution is 6.97. The molecule has 0 spiro atoms. The van der Waals surface area contributed by atoms with Gasteiger partial charge in [0, 0.05) is 18.0 Å². The average molecular weight is 459 g/mol. The molecule has 1 nitrogen and oxygen atoms in total. The second kappa shape index (κ2) is 9.49. The number of pyridine rings is 1. The van der Waals surface area contributed by atoms with E-state index in [1.54, 1.807) is 0 Å². The maximum atomic E-state index is 4.44. The van der Waals surface area contributed by atoms with Crippen LogP contribution in [0.2, 0.25) is 0 Å². The highest BCUT2D eigenvalue weighted by Crippen LogP contribution is 2.28. The van der Waals surface area contributed by atoms with Gasteiger partial charge in [-0.2, -0.15) is 0 Å². The van der Waals surface area contributed by atoms with Gasteiger partial charge in [0.05, 0.1) is 0 Å². The molecule has 0 unspecified atom stereocenters. The molecule has 0 atom stereocenters. The molecule has 0 N–H and O–H groups in total. The third-order valence-electron chi connectivity index (χ3n) is 8.00. The van der Waals surface area contributed by atoms with Crippen molar-refractivity contribution in [1.29, 1.82) is 0 Å². The second-order valence-corrected chi connectivity index (χ2v) is 10.6. The lowest BCUT2D eigenvalue weighted by Gasteiger charge is -2.29. The Morgan fingerprint density at radius 1 is 0.543 bits per heavy atom. The molecular formula is C33H38BN. The zero-order chi connectivity index (χ0) is 25.6. The molecule has 0 saturated carbocycles. The van der Waals surface area contributed by atoms with Gasteiger partial charge in [-0.05, 0) is 103 Å². The summed E-state index contributed by atoms with van der Waals surface area (Å²) in [6, 6.07) is 13.7. The molecule has 3 aromatic carbocycles. The van der Waals surface area contributed by atoms with Gasteiger partial charge < -0.3 is 0 Å². The van der Waals surface area contributed by atoms with Crippen LogP contribution in [0.5, 0.6) is 0 Å². The first-order valence-corrected chi connectivity index (χ1v) is 12.7. The quantitative estimate of drug-likeness (QED) is 0.324. The van der Waals surface area contributed by atoms with Gasteiger partial charge >= 0.3 is 0 Å². The smallest absolute Gasteiger partial charge is 0.243 e. The number of aromatic nitrogens is 1. The minimum atomic E-state index is 0.172. The Bertz CT molecular complexity index is 1410. The van der Waals surface area contributed by atoms with Gasteiger partial charge in [0.1, 0.15) is 0 Å². The summed E-state index contributed by atoms with van der Waals surface area (Å²) in [7, 11) is 0. The highest BCUT2D eigenvalue weighted by atomic mass is 14.6. The van der Waals surface area contributed by atoms with Crippen LogP contribution in [0.25, 0.3) is 11.1 Å². The molecule has 4 aromatic rings. The number of rotatable bonds is 4. The van der Waals surface area contributed by atoms with Crippen LogP contribution in [0.15, 0.2) is 48.8 Å². The van der Waals surface area contributed by atoms with Crippen LogP contribution in [-0.4, -0.2) is 11.7 Å². The topological polar surface area (TPSA) is 12.9 Å². The Morgan fingerprint density at radius 3 is 1.66 bits per heavy atom. The van der Waals surface area contributed by atoms with E-state index in [9.17, 15) is 0 Å². The van der Waals surface area contributed by atoms with Crippen molar-refractivity contribution in [3.05, 3.63) is 104 Å². The van der Waals surface area contributed by atoms with Gasteiger partial charge in [-0.3, -0.25) is 4.98 Å². The van der Waals surface area contributed by atoms with Gasteiger partial charge in [0.15, 0.2) is 0 Å². The van der Waals surface area contributed by atoms with Crippen molar-refractivity contribution in [2.24, 2.45) is 0 Å². The summed E-state index contributed by atoms with van der Waals surface area (Å²) in [4.78, 5) is 4.44. The van der Waals surface area contributed by atoms with E-state index in [1.165, 1.54) is 83.1 Å². The zero-order valence-electron chi connectivity index (χ0n) is 23.1. The van der Waals surface area contributed by atoms with Crippen LogP contribution in [0.1, 0.15) is 55.6 Å². The van der Waals surface area contributed by atoms with Gasteiger partial charge in [-0.1, -0.05) is 80.1 Å². The van der Waals surface area contributed by atoms with Crippen LogP contribution < -0.4 is 16.4 Å². The summed E-state index contributed by atoms with van der Waals surface area (Å²) >= 11 is 0. The van der Waals surface area contributed by atoms with Crippen LogP contribution in [0.3, 0.4) is 0 Å². The molecule has 0 saturated heterocycles. The Balaban J connectivity index is 2.17. The molecule has 1 aromatic heterocycles. The maximum absolute atomic E-state index is 4.44. The van der Waals surface area contributed by atoms with Crippen molar-refractivity contribution >= 4 is 23.1 Å². The molecule has 0 fully saturated rings. The number of benzene rings is 3. The number of nitrogens with zero attached hydrogens (tertiary/aromatic N) is 1. The van der Waals surface area contributed by atoms with E-state index in [0.717, 1.165) is 0 Å². The van der Waals surface area contributed by atoms with Crippen molar-refractivity contribution in [3.8, 4) is 11.1 Å². The molecule has 35 heavy (non-hydrogen) atoms. The van der Waals surface area contributed by atoms with Crippen LogP contribution in [0.4, 0.5) is 0 Å². The third kappa shape index (κ3) is 4.36. The zero-order valence-corrected chi connectivity index (χ0v) is 23.1. The first kappa shape index (κ1) is 25.0. The molecule has 0 aliphatic rings. The van der Waals surface area contributed by atoms with E-state index in [0.29, 0.717) is 0 Å². The fourth-order valence-electron chi connectivity index (χ4n) is 6.43. The summed E-state index contributed by atoms with van der Waals surface area (Å²) in [5, 5.41) is 0. The average Bonchev–Trinajstić information content (AvgIpc) is 2.77. The third-order valence-corrected chi connectivity index (χ3v) is 8.00. The maximum Gasteiger partial charge on any atom is 0.243 e. The van der Waals surface area contributed by atoms with Gasteiger partial charge in [0.2, 0.25) is 6.71 Å². The number of aryl methyl sites for hydroxylation is 7. The largest absolute Gasteiger partial charge is 0.264 e. The van der Waals surface area contributed by atoms with Crippen LogP contribution >= 0.6 is 0 Å². The first-order valence-electron chi connectivity index (χ1n) is 12.7. The summed E-state index contributed by atoms with van der Waals surface area (Å²) in [6.07, 6.45) is 3.85. The van der Waals surface area contributed by atoms with Crippen LogP contribution in [-0.2, 0) is 0 Å². The molecule has 1 heterocycles. The van der Waals surface area contributed by atoms with Gasteiger partial charge in [-0.25, -0.2) is 0 Å². The molecule has 4 rings (SSSR count). The minimum absolute atomic E-state index is 0.172. The SMILES string of the molecule is Cc1cc(C)c(B(c2c(C)cc(C)c(C)c2C)c2c(C)cc(C)c(-c3cccnc3)c2C)c(C)c1. The van der Waals surface area contributed by atoms with Gasteiger partial charge in [0.25, 0.3) is 0 Å². The van der Waals surface area contributed by atoms with E-state index in [4.69, 9.17) is 0 Å². The Hall–Kier alpha value is -3.13. The van der Waals surface area contributed by atoms with E-state index in [1.807, 2.05) is 18.5 Å². The fourth-order valence-corrected chi connectivity index (χ4v) is 6.43. The minimum Gasteiger partial charge on any atom is -0.264 e. The van der Waals surface area contributed by atoms with Crippen LogP contribution in [0, 0.1) is 69.2 Å². The summed E-state index contributed by atoms with van der Waals surface area (Å²) < 4.78 is 0. The number of hydrogen-bond donors (Lipinski definition) is 0. The van der Waals surface area contributed by atoms with Crippen molar-refractivity contribution in [1.82, 2.24) is 4.98 Å². The lowest BCUT2D eigenvalue weighted by molar-refractivity contribution is 1.25. The van der Waals surface area contributed by atoms with Crippen molar-refractivity contribution in [2.75, 3.05) is 0 Å². The fraction of sp³-hybridized carbons (Fsp3) is 0.303. The van der Waals surface area contributed by atoms with E-state index >= 15 is 0 Å². The first-order chi connectivity index (χ1) is 16.5. The molecule has 178 valence electrons. The summed E-state index contributed by atoms with van der Waals surface area (Å²) in [6.45, 7) is 22.9. The summed E-state index contributed by atoms with van der Waals surface area (Å²) in [5.41, 5.74) is 20.5. The number of hydrogen-bond acceptors (Lipinski definition) is 1. The molecular weight excluding hydrogens is 421 g/mol. The second-order valence-electron chi connectivity index (χ2n) is 10.6. The van der Waals surface area contributed by atoms with Gasteiger partial charge in [-0.15, -0.1) is 0 Å². The Kier molecular flexibility index (Phi) is 6.78. The standard InChI is InChI=1S/C33H38BN/c1-19-14-22(4)31(23(5)15-19)34(32-24(6)16-20(2)26(8)27(32)9)33-25(7)17-21(3)30(28(33)10)29-12-11-13-35-18-29/h11-18H,1-10H3. The molecule has 0 aliphatic carbocycles. The lowest BCUT2D eigenvalue weighted by Crippen LogP contribution is -2.57. The molecule has 2 heteroatoms. The Morgan fingerprint density at radius 2 is 1.09 bits per heavy atom. The normalized spacial score (nSPS) is 11.1. The van der Waals surface area contributed by atoms with Crippen molar-refractivity contribution < 1.29 is 0 Å². The lowest BCUT2D eigenvalue weighted by atomic mass is 9.32. The monoisotopic (exact) mass is 459 g/mol. The Labute approximate surface area is 212 Å². The molecule has 0 bridgehead atoms. The predicted molar refractivity (Wildman–Crippen MR) is 155 cm³/mol. The van der Waals surface area contributed by atoms with Crippen molar-refractivity contribution in [3.63, 3.8) is 0 Å². The summed E-state index contributed by atoms with van der Waals surface area (Å²) in [5.74, 6) is 0.